The van der Waals surface area contributed by atoms with Crippen LogP contribution in [-0.2, 0) is 0 Å². The number of amides is 2. The first-order chi connectivity index (χ1) is 15.5. The summed E-state index contributed by atoms with van der Waals surface area (Å²) in [6, 6.07) is 24.0. The van der Waals surface area contributed by atoms with Gasteiger partial charge in [-0.3, -0.25) is 0 Å². The molecular formula is C26H30N4O2. The van der Waals surface area contributed by atoms with Crippen LogP contribution in [0.15, 0.2) is 72.8 Å². The number of likely N-dealkylation sites (N-methyl/N-ethyl adjacent to an activating group) is 1. The van der Waals surface area contributed by atoms with Gasteiger partial charge in [-0.25, -0.2) is 4.79 Å². The van der Waals surface area contributed by atoms with E-state index in [1.807, 2.05) is 60.7 Å². The van der Waals surface area contributed by atoms with Gasteiger partial charge in [0, 0.05) is 47.8 Å². The van der Waals surface area contributed by atoms with E-state index in [2.05, 4.69) is 46.7 Å². The van der Waals surface area contributed by atoms with Gasteiger partial charge in [-0.05, 0) is 62.5 Å². The number of hydrogen-bond donors (Lipinski definition) is 2. The van der Waals surface area contributed by atoms with Gasteiger partial charge in [0.15, 0.2) is 0 Å². The van der Waals surface area contributed by atoms with Gasteiger partial charge in [0.2, 0.25) is 0 Å². The Labute approximate surface area is 189 Å². The van der Waals surface area contributed by atoms with Gasteiger partial charge in [0.1, 0.15) is 5.75 Å². The third kappa shape index (κ3) is 5.03. The fourth-order valence-electron chi connectivity index (χ4n) is 4.07. The van der Waals surface area contributed by atoms with E-state index in [-0.39, 0.29) is 6.03 Å². The fraction of sp³-hybridized carbons (Fsp3) is 0.269. The van der Waals surface area contributed by atoms with E-state index in [0.717, 1.165) is 29.9 Å². The number of carbonyl (C=O) groups excluding carboxylic acids is 1. The van der Waals surface area contributed by atoms with Crippen LogP contribution >= 0.6 is 0 Å². The lowest BCUT2D eigenvalue weighted by molar-refractivity contribution is 0.262. The molecule has 2 N–H and O–H groups in total. The molecule has 0 aromatic heterocycles. The molecule has 1 saturated heterocycles. The molecule has 1 heterocycles. The van der Waals surface area contributed by atoms with Gasteiger partial charge in [-0.1, -0.05) is 30.3 Å². The average Bonchev–Trinajstić information content (AvgIpc) is 3.31. The van der Waals surface area contributed by atoms with E-state index >= 15 is 0 Å². The van der Waals surface area contributed by atoms with Gasteiger partial charge < -0.3 is 25.2 Å². The highest BCUT2D eigenvalue weighted by Crippen LogP contribution is 2.32. The summed E-state index contributed by atoms with van der Waals surface area (Å²) in [5.41, 5.74) is 4.65. The molecule has 0 bridgehead atoms. The van der Waals surface area contributed by atoms with E-state index in [1.165, 1.54) is 12.1 Å². The molecule has 0 aliphatic carbocycles. The zero-order valence-electron chi connectivity index (χ0n) is 18.8. The molecule has 1 fully saturated rings. The lowest BCUT2D eigenvalue weighted by Crippen LogP contribution is -2.31. The Kier molecular flexibility index (Phi) is 6.61. The number of anilines is 3. The topological polar surface area (TPSA) is 56.8 Å². The molecule has 0 saturated carbocycles. The van der Waals surface area contributed by atoms with Crippen molar-refractivity contribution in [1.82, 2.24) is 4.90 Å². The van der Waals surface area contributed by atoms with Gasteiger partial charge in [-0.15, -0.1) is 0 Å². The first-order valence-electron chi connectivity index (χ1n) is 10.9. The highest BCUT2D eigenvalue weighted by Gasteiger charge is 2.24. The SMILES string of the molecule is COc1cc(NC(=O)Nc2ccc(N3CCC(N(C)C)C3)cc2)ccc1-c1ccccc1. The van der Waals surface area contributed by atoms with Crippen LogP contribution in [0.1, 0.15) is 6.42 Å². The van der Waals surface area contributed by atoms with Crippen molar-refractivity contribution < 1.29 is 9.53 Å². The normalized spacial score (nSPS) is 15.6. The van der Waals surface area contributed by atoms with Crippen molar-refractivity contribution in [3.05, 3.63) is 72.8 Å². The second kappa shape index (κ2) is 9.75. The minimum Gasteiger partial charge on any atom is -0.496 e. The number of hydrogen-bond acceptors (Lipinski definition) is 4. The molecule has 0 radical (unpaired) electrons. The molecule has 3 aromatic carbocycles. The Bertz CT molecular complexity index is 1050. The minimum absolute atomic E-state index is 0.291. The van der Waals surface area contributed by atoms with Crippen LogP contribution < -0.4 is 20.3 Å². The van der Waals surface area contributed by atoms with Crippen molar-refractivity contribution in [2.24, 2.45) is 0 Å². The van der Waals surface area contributed by atoms with Crippen LogP contribution in [-0.4, -0.2) is 51.3 Å². The predicted molar refractivity (Wildman–Crippen MR) is 132 cm³/mol. The van der Waals surface area contributed by atoms with Crippen molar-refractivity contribution in [3.8, 4) is 16.9 Å². The molecule has 6 heteroatoms. The summed E-state index contributed by atoms with van der Waals surface area (Å²) in [5.74, 6) is 0.708. The van der Waals surface area contributed by atoms with Gasteiger partial charge in [0.25, 0.3) is 0 Å². The second-order valence-electron chi connectivity index (χ2n) is 8.26. The number of carbonyl (C=O) groups is 1. The van der Waals surface area contributed by atoms with Crippen molar-refractivity contribution in [1.29, 1.82) is 0 Å². The molecule has 166 valence electrons. The maximum atomic E-state index is 12.5. The van der Waals surface area contributed by atoms with Crippen molar-refractivity contribution in [3.63, 3.8) is 0 Å². The average molecular weight is 431 g/mol. The standard InChI is InChI=1S/C26H30N4O2/c1-29(2)23-15-16-30(18-23)22-12-9-20(10-13-22)27-26(31)28-21-11-14-24(25(17-21)32-3)19-7-5-4-6-8-19/h4-14,17,23H,15-16,18H2,1-3H3,(H2,27,28,31). The summed E-state index contributed by atoms with van der Waals surface area (Å²) >= 11 is 0. The summed E-state index contributed by atoms with van der Waals surface area (Å²) in [6.45, 7) is 2.08. The molecule has 1 aliphatic heterocycles. The first kappa shape index (κ1) is 21.7. The third-order valence-corrected chi connectivity index (χ3v) is 5.93. The highest BCUT2D eigenvalue weighted by molar-refractivity contribution is 6.00. The van der Waals surface area contributed by atoms with E-state index in [9.17, 15) is 4.79 Å². The molecule has 32 heavy (non-hydrogen) atoms. The van der Waals surface area contributed by atoms with Crippen LogP contribution in [0.2, 0.25) is 0 Å². The lowest BCUT2D eigenvalue weighted by atomic mass is 10.0. The van der Waals surface area contributed by atoms with Crippen molar-refractivity contribution >= 4 is 23.1 Å². The molecule has 1 aliphatic rings. The number of urea groups is 1. The Balaban J connectivity index is 1.37. The summed E-state index contributed by atoms with van der Waals surface area (Å²) in [4.78, 5) is 17.2. The van der Waals surface area contributed by atoms with Crippen molar-refractivity contribution in [2.75, 3.05) is 49.8 Å². The molecular weight excluding hydrogens is 400 g/mol. The molecule has 4 rings (SSSR count). The molecule has 1 atom stereocenters. The Hall–Kier alpha value is -3.51. The van der Waals surface area contributed by atoms with Gasteiger partial charge >= 0.3 is 6.03 Å². The number of nitrogens with zero attached hydrogens (tertiary/aromatic N) is 2. The van der Waals surface area contributed by atoms with E-state index < -0.39 is 0 Å². The summed E-state index contributed by atoms with van der Waals surface area (Å²) < 4.78 is 5.55. The fourth-order valence-corrected chi connectivity index (χ4v) is 4.07. The Morgan fingerprint density at radius 2 is 1.66 bits per heavy atom. The largest absolute Gasteiger partial charge is 0.496 e. The maximum Gasteiger partial charge on any atom is 0.323 e. The molecule has 3 aromatic rings. The van der Waals surface area contributed by atoms with E-state index in [4.69, 9.17) is 4.74 Å². The smallest absolute Gasteiger partial charge is 0.323 e. The predicted octanol–water partition coefficient (Wildman–Crippen LogP) is 5.15. The third-order valence-electron chi connectivity index (χ3n) is 5.93. The van der Waals surface area contributed by atoms with Crippen LogP contribution in [0.5, 0.6) is 5.75 Å². The van der Waals surface area contributed by atoms with Crippen LogP contribution in [0.3, 0.4) is 0 Å². The van der Waals surface area contributed by atoms with E-state index in [1.54, 1.807) is 7.11 Å². The van der Waals surface area contributed by atoms with E-state index in [0.29, 0.717) is 17.5 Å². The molecule has 2 amide bonds. The van der Waals surface area contributed by atoms with Gasteiger partial charge in [0.05, 0.1) is 7.11 Å². The molecule has 6 nitrogen and oxygen atoms in total. The number of methoxy groups -OCH3 is 1. The number of rotatable bonds is 6. The van der Waals surface area contributed by atoms with Crippen molar-refractivity contribution in [2.45, 2.75) is 12.5 Å². The number of nitrogens with one attached hydrogen (secondary N) is 2. The minimum atomic E-state index is -0.291. The zero-order chi connectivity index (χ0) is 22.5. The number of benzene rings is 3. The summed E-state index contributed by atoms with van der Waals surface area (Å²) in [7, 11) is 5.89. The number of ether oxygens (including phenoxy) is 1. The van der Waals surface area contributed by atoms with Gasteiger partial charge in [-0.2, -0.15) is 0 Å². The lowest BCUT2D eigenvalue weighted by Gasteiger charge is -2.22. The quantitative estimate of drug-likeness (QED) is 0.568. The summed E-state index contributed by atoms with van der Waals surface area (Å²) in [6.07, 6.45) is 1.17. The first-order valence-corrected chi connectivity index (χ1v) is 10.9. The molecule has 1 unspecified atom stereocenters. The Morgan fingerprint density at radius 3 is 2.31 bits per heavy atom. The highest BCUT2D eigenvalue weighted by atomic mass is 16.5. The zero-order valence-corrected chi connectivity index (χ0v) is 18.8. The summed E-state index contributed by atoms with van der Waals surface area (Å²) in [5, 5.41) is 5.79. The van der Waals surface area contributed by atoms with Crippen LogP contribution in [0.25, 0.3) is 11.1 Å². The second-order valence-corrected chi connectivity index (χ2v) is 8.26. The van der Waals surface area contributed by atoms with Crippen LogP contribution in [0, 0.1) is 0 Å². The maximum absolute atomic E-state index is 12.5. The Morgan fingerprint density at radius 1 is 0.969 bits per heavy atom. The molecule has 0 spiro atoms. The van der Waals surface area contributed by atoms with Crippen LogP contribution in [0.4, 0.5) is 21.9 Å². The monoisotopic (exact) mass is 430 g/mol.